The van der Waals surface area contributed by atoms with Gasteiger partial charge in [-0.1, -0.05) is 18.2 Å². The van der Waals surface area contributed by atoms with E-state index < -0.39 is 16.6 Å². The van der Waals surface area contributed by atoms with E-state index in [1.807, 2.05) is 0 Å². The predicted octanol–water partition coefficient (Wildman–Crippen LogP) is 3.75. The number of carbonyl (C=O) groups is 1. The van der Waals surface area contributed by atoms with Crippen molar-refractivity contribution >= 4 is 33.2 Å². The molecule has 0 aliphatic heterocycles. The maximum Gasteiger partial charge on any atom is 0.292 e. The molecule has 0 aliphatic carbocycles. The molecule has 20 heavy (non-hydrogen) atoms. The first-order chi connectivity index (χ1) is 9.50. The Labute approximate surface area is 121 Å². The minimum absolute atomic E-state index is 0.0156. The lowest BCUT2D eigenvalue weighted by atomic mass is 10.2. The lowest BCUT2D eigenvalue weighted by Crippen LogP contribution is -2.15. The van der Waals surface area contributed by atoms with Crippen molar-refractivity contribution in [1.29, 1.82) is 0 Å². The zero-order chi connectivity index (χ0) is 14.7. The van der Waals surface area contributed by atoms with Crippen LogP contribution in [0, 0.1) is 15.9 Å². The van der Waals surface area contributed by atoms with E-state index in [-0.39, 0.29) is 21.4 Å². The summed E-state index contributed by atoms with van der Waals surface area (Å²) in [5.74, 6) is -1.47. The number of hydrogen-bond acceptors (Lipinski definition) is 3. The molecule has 1 N–H and O–H groups in total. The molecule has 0 heterocycles. The number of hydrogen-bond donors (Lipinski definition) is 1. The number of nitrogens with one attached hydrogen (secondary N) is 1. The number of nitro groups is 1. The van der Waals surface area contributed by atoms with Crippen molar-refractivity contribution in [2.24, 2.45) is 0 Å². The molecule has 0 saturated heterocycles. The van der Waals surface area contributed by atoms with Crippen molar-refractivity contribution in [3.05, 3.63) is 68.4 Å². The highest BCUT2D eigenvalue weighted by atomic mass is 79.9. The standard InChI is InChI=1S/C13H8BrFN2O3/c14-9-5-3-4-8(12(9)15)13(18)16-10-6-1-2-7-11(10)17(19)20/h1-7H,(H,16,18). The molecule has 102 valence electrons. The molecule has 0 radical (unpaired) electrons. The molecular formula is C13H8BrFN2O3. The van der Waals surface area contributed by atoms with Crippen LogP contribution in [0.3, 0.4) is 0 Å². The summed E-state index contributed by atoms with van der Waals surface area (Å²) in [7, 11) is 0. The Balaban J connectivity index is 2.33. The summed E-state index contributed by atoms with van der Waals surface area (Å²) in [5, 5.41) is 13.2. The fraction of sp³-hybridized carbons (Fsp3) is 0. The van der Waals surface area contributed by atoms with E-state index in [4.69, 9.17) is 0 Å². The Morgan fingerprint density at radius 3 is 2.60 bits per heavy atom. The van der Waals surface area contributed by atoms with Gasteiger partial charge in [-0.25, -0.2) is 4.39 Å². The molecule has 1 amide bonds. The minimum Gasteiger partial charge on any atom is -0.316 e. The van der Waals surface area contributed by atoms with Crippen molar-refractivity contribution in [2.45, 2.75) is 0 Å². The molecule has 0 spiro atoms. The van der Waals surface area contributed by atoms with Crippen molar-refractivity contribution in [3.63, 3.8) is 0 Å². The number of nitrogens with zero attached hydrogens (tertiary/aromatic N) is 1. The van der Waals surface area contributed by atoms with Crippen LogP contribution in [-0.4, -0.2) is 10.8 Å². The Hall–Kier alpha value is -2.28. The van der Waals surface area contributed by atoms with Crippen molar-refractivity contribution < 1.29 is 14.1 Å². The molecular weight excluding hydrogens is 331 g/mol. The summed E-state index contributed by atoms with van der Waals surface area (Å²) in [6.07, 6.45) is 0. The second-order valence-corrected chi connectivity index (χ2v) is 4.68. The molecule has 0 aromatic heterocycles. The Bertz CT molecular complexity index is 691. The second kappa shape index (κ2) is 5.79. The highest BCUT2D eigenvalue weighted by molar-refractivity contribution is 9.10. The van der Waals surface area contributed by atoms with Crippen LogP contribution < -0.4 is 5.32 Å². The number of carbonyl (C=O) groups excluding carboxylic acids is 1. The Morgan fingerprint density at radius 2 is 1.90 bits per heavy atom. The fourth-order valence-electron chi connectivity index (χ4n) is 1.61. The summed E-state index contributed by atoms with van der Waals surface area (Å²) < 4.78 is 13.9. The van der Waals surface area contributed by atoms with E-state index >= 15 is 0 Å². The summed E-state index contributed by atoms with van der Waals surface area (Å²) in [6, 6.07) is 9.91. The van der Waals surface area contributed by atoms with Crippen LogP contribution in [0.25, 0.3) is 0 Å². The van der Waals surface area contributed by atoms with E-state index in [1.165, 1.54) is 36.4 Å². The van der Waals surface area contributed by atoms with E-state index in [1.54, 1.807) is 6.07 Å². The van der Waals surface area contributed by atoms with Gasteiger partial charge < -0.3 is 5.32 Å². The summed E-state index contributed by atoms with van der Waals surface area (Å²) in [6.45, 7) is 0. The minimum atomic E-state index is -0.752. The normalized spacial score (nSPS) is 10.1. The average Bonchev–Trinajstić information content (AvgIpc) is 2.42. The van der Waals surface area contributed by atoms with E-state index in [9.17, 15) is 19.3 Å². The molecule has 5 nitrogen and oxygen atoms in total. The predicted molar refractivity (Wildman–Crippen MR) is 75.1 cm³/mol. The molecule has 2 rings (SSSR count). The average molecular weight is 339 g/mol. The Kier molecular flexibility index (Phi) is 4.09. The van der Waals surface area contributed by atoms with Gasteiger partial charge in [-0.2, -0.15) is 0 Å². The van der Waals surface area contributed by atoms with Gasteiger partial charge in [0.15, 0.2) is 0 Å². The van der Waals surface area contributed by atoms with E-state index in [0.717, 1.165) is 0 Å². The first kappa shape index (κ1) is 14.1. The van der Waals surface area contributed by atoms with Crippen LogP contribution in [0.4, 0.5) is 15.8 Å². The molecule has 0 saturated carbocycles. The summed E-state index contributed by atoms with van der Waals surface area (Å²) >= 11 is 2.97. The number of benzene rings is 2. The number of para-hydroxylation sites is 2. The number of halogens is 2. The molecule has 7 heteroatoms. The van der Waals surface area contributed by atoms with Gasteiger partial charge >= 0.3 is 0 Å². The number of amides is 1. The highest BCUT2D eigenvalue weighted by Gasteiger charge is 2.18. The Morgan fingerprint density at radius 1 is 1.20 bits per heavy atom. The highest BCUT2D eigenvalue weighted by Crippen LogP contribution is 2.25. The molecule has 0 aliphatic rings. The molecule has 0 fully saturated rings. The molecule has 0 bridgehead atoms. The van der Waals surface area contributed by atoms with Crippen molar-refractivity contribution in [1.82, 2.24) is 0 Å². The topological polar surface area (TPSA) is 72.2 Å². The summed E-state index contributed by atoms with van der Waals surface area (Å²) in [4.78, 5) is 22.2. The van der Waals surface area contributed by atoms with E-state index in [0.29, 0.717) is 0 Å². The maximum absolute atomic E-state index is 13.8. The monoisotopic (exact) mass is 338 g/mol. The van der Waals surface area contributed by atoms with Crippen LogP contribution in [-0.2, 0) is 0 Å². The first-order valence-electron chi connectivity index (χ1n) is 5.49. The molecule has 0 atom stereocenters. The van der Waals surface area contributed by atoms with Gasteiger partial charge in [0.2, 0.25) is 0 Å². The van der Waals surface area contributed by atoms with Crippen LogP contribution in [0.2, 0.25) is 0 Å². The first-order valence-corrected chi connectivity index (χ1v) is 6.29. The van der Waals surface area contributed by atoms with Gasteiger partial charge in [0, 0.05) is 6.07 Å². The molecule has 2 aromatic carbocycles. The number of anilines is 1. The third kappa shape index (κ3) is 2.83. The van der Waals surface area contributed by atoms with Crippen LogP contribution in [0.15, 0.2) is 46.9 Å². The van der Waals surface area contributed by atoms with Crippen LogP contribution in [0.1, 0.15) is 10.4 Å². The number of nitro benzene ring substituents is 1. The third-order valence-corrected chi connectivity index (χ3v) is 3.16. The smallest absolute Gasteiger partial charge is 0.292 e. The molecule has 2 aromatic rings. The maximum atomic E-state index is 13.8. The number of rotatable bonds is 3. The van der Waals surface area contributed by atoms with Crippen molar-refractivity contribution in [2.75, 3.05) is 5.32 Å². The van der Waals surface area contributed by atoms with E-state index in [2.05, 4.69) is 21.2 Å². The molecule has 0 unspecified atom stereocenters. The van der Waals surface area contributed by atoms with Crippen LogP contribution >= 0.6 is 15.9 Å². The van der Waals surface area contributed by atoms with Gasteiger partial charge in [0.1, 0.15) is 11.5 Å². The summed E-state index contributed by atoms with van der Waals surface area (Å²) in [5.41, 5.74) is -0.435. The van der Waals surface area contributed by atoms with Gasteiger partial charge in [-0.15, -0.1) is 0 Å². The van der Waals surface area contributed by atoms with Gasteiger partial charge in [-0.05, 0) is 34.1 Å². The van der Waals surface area contributed by atoms with Gasteiger partial charge in [-0.3, -0.25) is 14.9 Å². The van der Waals surface area contributed by atoms with Crippen molar-refractivity contribution in [3.8, 4) is 0 Å². The SMILES string of the molecule is O=C(Nc1ccccc1[N+](=O)[O-])c1cccc(Br)c1F. The quantitative estimate of drug-likeness (QED) is 0.684. The van der Waals surface area contributed by atoms with Gasteiger partial charge in [0.05, 0.1) is 15.0 Å². The van der Waals surface area contributed by atoms with Crippen LogP contribution in [0.5, 0.6) is 0 Å². The zero-order valence-corrected chi connectivity index (χ0v) is 11.6. The lowest BCUT2D eigenvalue weighted by Gasteiger charge is -2.07. The second-order valence-electron chi connectivity index (χ2n) is 3.83. The van der Waals surface area contributed by atoms with Gasteiger partial charge in [0.25, 0.3) is 11.6 Å². The third-order valence-electron chi connectivity index (χ3n) is 2.55. The lowest BCUT2D eigenvalue weighted by molar-refractivity contribution is -0.383. The zero-order valence-electron chi connectivity index (χ0n) is 9.97. The fourth-order valence-corrected chi connectivity index (χ4v) is 1.97. The largest absolute Gasteiger partial charge is 0.316 e.